The first-order chi connectivity index (χ1) is 11.1. The van der Waals surface area contributed by atoms with Crippen molar-refractivity contribution >= 4 is 29.9 Å². The lowest BCUT2D eigenvalue weighted by Gasteiger charge is -2.31. The Labute approximate surface area is 163 Å². The summed E-state index contributed by atoms with van der Waals surface area (Å²) in [5.74, 6) is 0.967. The number of nitrogens with zero attached hydrogens (tertiary/aromatic N) is 3. The van der Waals surface area contributed by atoms with Gasteiger partial charge in [-0.1, -0.05) is 12.8 Å². The number of hydrogen-bond donors (Lipinski definition) is 1. The molecule has 1 aromatic rings. The summed E-state index contributed by atoms with van der Waals surface area (Å²) in [4.78, 5) is 6.65. The average Bonchev–Trinajstić information content (AvgIpc) is 3.16. The SMILES string of the molecule is CN=C(NCC1(CCOC)CCCC1)N(C)Cc1cccn1C.I. The van der Waals surface area contributed by atoms with Gasteiger partial charge in [0.05, 0.1) is 6.54 Å². The molecule has 0 radical (unpaired) electrons. The second-order valence-corrected chi connectivity index (χ2v) is 6.82. The van der Waals surface area contributed by atoms with Crippen molar-refractivity contribution in [1.29, 1.82) is 0 Å². The highest BCUT2D eigenvalue weighted by atomic mass is 127. The zero-order chi connectivity index (χ0) is 16.7. The first-order valence-electron chi connectivity index (χ1n) is 8.61. The molecule has 0 atom stereocenters. The summed E-state index contributed by atoms with van der Waals surface area (Å²) in [5.41, 5.74) is 1.66. The molecule has 0 aliphatic heterocycles. The van der Waals surface area contributed by atoms with Crippen molar-refractivity contribution in [3.05, 3.63) is 24.0 Å². The summed E-state index contributed by atoms with van der Waals surface area (Å²) in [6.45, 7) is 2.69. The first kappa shape index (κ1) is 21.3. The van der Waals surface area contributed by atoms with Crippen LogP contribution in [0.2, 0.25) is 0 Å². The van der Waals surface area contributed by atoms with Crippen LogP contribution in [0.1, 0.15) is 37.8 Å². The van der Waals surface area contributed by atoms with E-state index in [1.165, 1.54) is 31.4 Å². The van der Waals surface area contributed by atoms with E-state index in [0.29, 0.717) is 5.41 Å². The van der Waals surface area contributed by atoms with Crippen molar-refractivity contribution in [1.82, 2.24) is 14.8 Å². The van der Waals surface area contributed by atoms with Crippen molar-refractivity contribution in [3.63, 3.8) is 0 Å². The summed E-state index contributed by atoms with van der Waals surface area (Å²) in [6.07, 6.45) is 8.47. The molecule has 1 aromatic heterocycles. The summed E-state index contributed by atoms with van der Waals surface area (Å²) in [5, 5.41) is 3.60. The Morgan fingerprint density at radius 3 is 2.67 bits per heavy atom. The minimum Gasteiger partial charge on any atom is -0.385 e. The van der Waals surface area contributed by atoms with Gasteiger partial charge in [0.25, 0.3) is 0 Å². The van der Waals surface area contributed by atoms with Gasteiger partial charge in [-0.3, -0.25) is 4.99 Å². The number of guanidine groups is 1. The fourth-order valence-electron chi connectivity index (χ4n) is 3.59. The van der Waals surface area contributed by atoms with Gasteiger partial charge in [0.15, 0.2) is 5.96 Å². The Balaban J connectivity index is 0.00000288. The van der Waals surface area contributed by atoms with E-state index in [-0.39, 0.29) is 24.0 Å². The predicted octanol–water partition coefficient (Wildman–Crippen LogP) is 3.25. The maximum Gasteiger partial charge on any atom is 0.193 e. The number of hydrogen-bond acceptors (Lipinski definition) is 2. The van der Waals surface area contributed by atoms with Gasteiger partial charge in [-0.05, 0) is 36.8 Å². The number of aliphatic imine (C=N–C) groups is 1. The van der Waals surface area contributed by atoms with E-state index in [1.807, 2.05) is 7.05 Å². The molecule has 1 aliphatic carbocycles. The minimum absolute atomic E-state index is 0. The smallest absolute Gasteiger partial charge is 0.193 e. The fraction of sp³-hybridized carbons (Fsp3) is 0.722. The van der Waals surface area contributed by atoms with Crippen LogP contribution in [0.4, 0.5) is 0 Å². The van der Waals surface area contributed by atoms with Crippen LogP contribution in [0.3, 0.4) is 0 Å². The van der Waals surface area contributed by atoms with Crippen molar-refractivity contribution in [2.75, 3.05) is 34.4 Å². The van der Waals surface area contributed by atoms with Crippen LogP contribution in [0.25, 0.3) is 0 Å². The Kier molecular flexibility index (Phi) is 9.12. The van der Waals surface area contributed by atoms with Gasteiger partial charge in [0, 0.05) is 53.3 Å². The van der Waals surface area contributed by atoms with E-state index in [2.05, 4.69) is 52.2 Å². The molecule has 0 spiro atoms. The number of ether oxygens (including phenoxy) is 1. The third kappa shape index (κ3) is 5.65. The molecule has 138 valence electrons. The van der Waals surface area contributed by atoms with Crippen molar-refractivity contribution in [2.45, 2.75) is 38.6 Å². The maximum absolute atomic E-state index is 5.32. The highest BCUT2D eigenvalue weighted by Crippen LogP contribution is 2.40. The van der Waals surface area contributed by atoms with Gasteiger partial charge in [0.1, 0.15) is 0 Å². The number of halogens is 1. The van der Waals surface area contributed by atoms with Crippen molar-refractivity contribution < 1.29 is 4.74 Å². The third-order valence-electron chi connectivity index (χ3n) is 5.15. The molecule has 0 aromatic carbocycles. The molecule has 0 bridgehead atoms. The molecule has 5 nitrogen and oxygen atoms in total. The highest BCUT2D eigenvalue weighted by Gasteiger charge is 2.33. The van der Waals surface area contributed by atoms with E-state index in [0.717, 1.165) is 32.1 Å². The molecule has 1 fully saturated rings. The van der Waals surface area contributed by atoms with Crippen LogP contribution in [0.15, 0.2) is 23.3 Å². The quantitative estimate of drug-likeness (QED) is 0.396. The number of aromatic nitrogens is 1. The normalized spacial score (nSPS) is 16.8. The summed E-state index contributed by atoms with van der Waals surface area (Å²) >= 11 is 0. The second kappa shape index (κ2) is 10.3. The molecule has 2 rings (SSSR count). The number of aryl methyl sites for hydroxylation is 1. The van der Waals surface area contributed by atoms with Crippen LogP contribution in [0, 0.1) is 5.41 Å². The number of methoxy groups -OCH3 is 1. The standard InChI is InChI=1S/C18H32N4O.HI/c1-19-17(22(3)14-16-8-7-12-21(16)2)20-15-18(11-13-23-4)9-5-6-10-18;/h7-8,12H,5-6,9-11,13-15H2,1-4H3,(H,19,20);1H. The van der Waals surface area contributed by atoms with Gasteiger partial charge < -0.3 is 19.5 Å². The molecule has 1 heterocycles. The lowest BCUT2D eigenvalue weighted by molar-refractivity contribution is 0.138. The Morgan fingerprint density at radius 1 is 1.42 bits per heavy atom. The first-order valence-corrected chi connectivity index (χ1v) is 8.61. The van der Waals surface area contributed by atoms with E-state index >= 15 is 0 Å². The van der Waals surface area contributed by atoms with Crippen LogP contribution >= 0.6 is 24.0 Å². The summed E-state index contributed by atoms with van der Waals surface area (Å²) in [6, 6.07) is 4.23. The Bertz CT molecular complexity index is 509. The molecule has 0 amide bonds. The molecule has 1 aliphatic rings. The zero-order valence-electron chi connectivity index (χ0n) is 15.5. The highest BCUT2D eigenvalue weighted by molar-refractivity contribution is 14.0. The van der Waals surface area contributed by atoms with Gasteiger partial charge in [-0.15, -0.1) is 24.0 Å². The van der Waals surface area contributed by atoms with Gasteiger partial charge in [-0.2, -0.15) is 0 Å². The molecule has 1 N–H and O–H groups in total. The van der Waals surface area contributed by atoms with Gasteiger partial charge >= 0.3 is 0 Å². The van der Waals surface area contributed by atoms with E-state index < -0.39 is 0 Å². The molecule has 24 heavy (non-hydrogen) atoms. The topological polar surface area (TPSA) is 41.8 Å². The molecule has 0 unspecified atom stereocenters. The van der Waals surface area contributed by atoms with Crippen LogP contribution in [-0.4, -0.2) is 49.8 Å². The van der Waals surface area contributed by atoms with Crippen molar-refractivity contribution in [3.8, 4) is 0 Å². The Morgan fingerprint density at radius 2 is 2.12 bits per heavy atom. The summed E-state index contributed by atoms with van der Waals surface area (Å²) < 4.78 is 7.48. The predicted molar refractivity (Wildman–Crippen MR) is 111 cm³/mol. The largest absolute Gasteiger partial charge is 0.385 e. The molecule has 6 heteroatoms. The lowest BCUT2D eigenvalue weighted by atomic mass is 9.83. The van der Waals surface area contributed by atoms with E-state index in [1.54, 1.807) is 7.11 Å². The fourth-order valence-corrected chi connectivity index (χ4v) is 3.59. The molecule has 1 saturated carbocycles. The van der Waals surface area contributed by atoms with Gasteiger partial charge in [-0.25, -0.2) is 0 Å². The number of nitrogens with one attached hydrogen (secondary N) is 1. The molecular weight excluding hydrogens is 415 g/mol. The second-order valence-electron chi connectivity index (χ2n) is 6.82. The number of rotatable bonds is 7. The zero-order valence-corrected chi connectivity index (χ0v) is 17.9. The monoisotopic (exact) mass is 448 g/mol. The van der Waals surface area contributed by atoms with Crippen LogP contribution < -0.4 is 5.32 Å². The minimum atomic E-state index is 0. The average molecular weight is 448 g/mol. The molecular formula is C18H33IN4O. The van der Waals surface area contributed by atoms with E-state index in [4.69, 9.17) is 4.74 Å². The molecule has 0 saturated heterocycles. The maximum atomic E-state index is 5.32. The van der Waals surface area contributed by atoms with Crippen molar-refractivity contribution in [2.24, 2.45) is 17.5 Å². The summed E-state index contributed by atoms with van der Waals surface area (Å²) in [7, 11) is 7.83. The van der Waals surface area contributed by atoms with Gasteiger partial charge in [0.2, 0.25) is 0 Å². The van der Waals surface area contributed by atoms with Crippen LogP contribution in [0.5, 0.6) is 0 Å². The van der Waals surface area contributed by atoms with E-state index in [9.17, 15) is 0 Å². The lowest BCUT2D eigenvalue weighted by Crippen LogP contribution is -2.44. The third-order valence-corrected chi connectivity index (χ3v) is 5.15. The van der Waals surface area contributed by atoms with Crippen LogP contribution in [-0.2, 0) is 18.3 Å². The Hall–Kier alpha value is -0.760.